The molecule has 0 aliphatic carbocycles. The van der Waals surface area contributed by atoms with Gasteiger partial charge in [-0.05, 0) is 26.1 Å². The summed E-state index contributed by atoms with van der Waals surface area (Å²) in [6.07, 6.45) is 0.540. The van der Waals surface area contributed by atoms with Gasteiger partial charge in [-0.2, -0.15) is 0 Å². The highest BCUT2D eigenvalue weighted by Gasteiger charge is 2.13. The summed E-state index contributed by atoms with van der Waals surface area (Å²) >= 11 is 1.70. The highest BCUT2D eigenvalue weighted by Crippen LogP contribution is 2.22. The first-order chi connectivity index (χ1) is 9.10. The highest BCUT2D eigenvalue weighted by molar-refractivity contribution is 7.18. The molecule has 6 heteroatoms. The first-order valence-electron chi connectivity index (χ1n) is 6.11. The van der Waals surface area contributed by atoms with Crippen LogP contribution in [0.4, 0.5) is 0 Å². The van der Waals surface area contributed by atoms with Crippen LogP contribution in [-0.4, -0.2) is 34.0 Å². The fraction of sp³-hybridized carbons (Fsp3) is 0.385. The Kier molecular flexibility index (Phi) is 4.34. The molecule has 1 aromatic carbocycles. The second-order valence-corrected chi connectivity index (χ2v) is 5.75. The van der Waals surface area contributed by atoms with Crippen molar-refractivity contribution in [2.45, 2.75) is 25.9 Å². The van der Waals surface area contributed by atoms with Crippen molar-refractivity contribution in [3.63, 3.8) is 0 Å². The summed E-state index contributed by atoms with van der Waals surface area (Å²) in [5.41, 5.74) is 6.57. The number of hydrogen-bond donors (Lipinski definition) is 2. The largest absolute Gasteiger partial charge is 0.409 e. The molecule has 102 valence electrons. The Morgan fingerprint density at radius 2 is 2.26 bits per heavy atom. The van der Waals surface area contributed by atoms with E-state index in [1.807, 2.05) is 32.2 Å². The molecule has 1 atom stereocenters. The van der Waals surface area contributed by atoms with E-state index in [1.165, 1.54) is 4.70 Å². The maximum Gasteiger partial charge on any atom is 0.140 e. The van der Waals surface area contributed by atoms with Gasteiger partial charge in [0.25, 0.3) is 0 Å². The Labute approximate surface area is 116 Å². The van der Waals surface area contributed by atoms with Crippen LogP contribution >= 0.6 is 11.3 Å². The number of fused-ring (bicyclic) bond motifs is 1. The van der Waals surface area contributed by atoms with E-state index < -0.39 is 0 Å². The van der Waals surface area contributed by atoms with Gasteiger partial charge in [0, 0.05) is 12.5 Å². The third-order valence-electron chi connectivity index (χ3n) is 3.11. The molecule has 0 fully saturated rings. The molecule has 0 amide bonds. The zero-order valence-corrected chi connectivity index (χ0v) is 11.9. The van der Waals surface area contributed by atoms with Crippen molar-refractivity contribution in [1.82, 2.24) is 9.88 Å². The van der Waals surface area contributed by atoms with E-state index in [0.29, 0.717) is 6.42 Å². The molecule has 0 aliphatic heterocycles. The molecule has 0 spiro atoms. The van der Waals surface area contributed by atoms with Crippen molar-refractivity contribution in [2.24, 2.45) is 10.9 Å². The molecule has 2 rings (SSSR count). The van der Waals surface area contributed by atoms with Gasteiger partial charge in [-0.25, -0.2) is 4.98 Å². The molecule has 0 radical (unpaired) electrons. The number of rotatable bonds is 5. The minimum Gasteiger partial charge on any atom is -0.409 e. The van der Waals surface area contributed by atoms with Crippen LogP contribution in [0, 0.1) is 0 Å². The molecule has 0 saturated carbocycles. The van der Waals surface area contributed by atoms with E-state index in [1.54, 1.807) is 11.3 Å². The zero-order chi connectivity index (χ0) is 13.8. The highest BCUT2D eigenvalue weighted by atomic mass is 32.1. The monoisotopic (exact) mass is 278 g/mol. The molecular formula is C13H18N4OS. The molecule has 0 bridgehead atoms. The van der Waals surface area contributed by atoms with Crippen LogP contribution in [0.1, 0.15) is 18.4 Å². The van der Waals surface area contributed by atoms with Crippen LogP contribution in [-0.2, 0) is 6.54 Å². The summed E-state index contributed by atoms with van der Waals surface area (Å²) in [5.74, 6) is 0.253. The number of amidine groups is 1. The minimum atomic E-state index is 0.197. The maximum absolute atomic E-state index is 8.58. The van der Waals surface area contributed by atoms with Crippen molar-refractivity contribution >= 4 is 27.4 Å². The summed E-state index contributed by atoms with van der Waals surface area (Å²) in [5, 5.41) is 12.7. The lowest BCUT2D eigenvalue weighted by Gasteiger charge is -2.22. The molecule has 2 aromatic rings. The molecule has 3 N–H and O–H groups in total. The fourth-order valence-corrected chi connectivity index (χ4v) is 2.89. The third-order valence-corrected chi connectivity index (χ3v) is 4.13. The van der Waals surface area contributed by atoms with E-state index in [2.05, 4.69) is 21.1 Å². The minimum absolute atomic E-state index is 0.197. The van der Waals surface area contributed by atoms with E-state index in [-0.39, 0.29) is 11.9 Å². The first kappa shape index (κ1) is 13.8. The van der Waals surface area contributed by atoms with Gasteiger partial charge in [0.15, 0.2) is 0 Å². The third kappa shape index (κ3) is 3.42. The Morgan fingerprint density at radius 3 is 2.95 bits per heavy atom. The summed E-state index contributed by atoms with van der Waals surface area (Å²) in [7, 11) is 2.02. The lowest BCUT2D eigenvalue weighted by atomic mass is 10.2. The molecule has 0 saturated heterocycles. The van der Waals surface area contributed by atoms with Gasteiger partial charge in [0.2, 0.25) is 0 Å². The number of benzene rings is 1. The van der Waals surface area contributed by atoms with Crippen LogP contribution in [0.2, 0.25) is 0 Å². The van der Waals surface area contributed by atoms with E-state index >= 15 is 0 Å². The molecule has 0 aliphatic rings. The summed E-state index contributed by atoms with van der Waals surface area (Å²) in [6, 6.07) is 8.32. The number of hydrogen-bond acceptors (Lipinski definition) is 5. The van der Waals surface area contributed by atoms with Crippen LogP contribution in [0.5, 0.6) is 0 Å². The second kappa shape index (κ2) is 5.99. The molecule has 1 aromatic heterocycles. The zero-order valence-electron chi connectivity index (χ0n) is 11.1. The standard InChI is InChI=1S/C13H18N4OS/c1-9(7-12(14)16-18)17(2)8-13-15-10-5-3-4-6-11(10)19-13/h3-6,9,18H,7-8H2,1-2H3,(H2,14,16). The second-order valence-electron chi connectivity index (χ2n) is 4.63. The van der Waals surface area contributed by atoms with Crippen LogP contribution in [0.3, 0.4) is 0 Å². The smallest absolute Gasteiger partial charge is 0.140 e. The SMILES string of the molecule is CC(C/C(N)=N/O)N(C)Cc1nc2ccccc2s1. The first-order valence-corrected chi connectivity index (χ1v) is 6.93. The Bertz CT molecular complexity index is 548. The lowest BCUT2D eigenvalue weighted by molar-refractivity contribution is 0.251. The topological polar surface area (TPSA) is 74.7 Å². The number of thiazole rings is 1. The summed E-state index contributed by atoms with van der Waals surface area (Å²) in [6.45, 7) is 2.81. The summed E-state index contributed by atoms with van der Waals surface area (Å²) in [4.78, 5) is 6.75. The van der Waals surface area contributed by atoms with Gasteiger partial charge in [-0.15, -0.1) is 11.3 Å². The van der Waals surface area contributed by atoms with Gasteiger partial charge in [0.05, 0.1) is 16.8 Å². The van der Waals surface area contributed by atoms with Crippen LogP contribution in [0.15, 0.2) is 29.4 Å². The molecule has 1 heterocycles. The van der Waals surface area contributed by atoms with Crippen molar-refractivity contribution in [2.75, 3.05) is 7.05 Å². The molecule has 5 nitrogen and oxygen atoms in total. The number of nitrogens with zero attached hydrogens (tertiary/aromatic N) is 3. The summed E-state index contributed by atoms with van der Waals surface area (Å²) < 4.78 is 1.20. The number of aromatic nitrogens is 1. The molecule has 1 unspecified atom stereocenters. The number of nitrogens with two attached hydrogens (primary N) is 1. The van der Waals surface area contributed by atoms with Gasteiger partial charge in [-0.3, -0.25) is 4.90 Å². The molecule has 19 heavy (non-hydrogen) atoms. The van der Waals surface area contributed by atoms with Crippen molar-refractivity contribution < 1.29 is 5.21 Å². The van der Waals surface area contributed by atoms with Gasteiger partial charge >= 0.3 is 0 Å². The number of para-hydroxylation sites is 1. The van der Waals surface area contributed by atoms with Gasteiger partial charge in [-0.1, -0.05) is 17.3 Å². The Morgan fingerprint density at radius 1 is 1.53 bits per heavy atom. The Balaban J connectivity index is 2.03. The van der Waals surface area contributed by atoms with Crippen molar-refractivity contribution in [1.29, 1.82) is 0 Å². The average molecular weight is 278 g/mol. The number of oxime groups is 1. The van der Waals surface area contributed by atoms with E-state index in [4.69, 9.17) is 10.9 Å². The van der Waals surface area contributed by atoms with Crippen LogP contribution < -0.4 is 5.73 Å². The fourth-order valence-electron chi connectivity index (χ4n) is 1.86. The normalized spacial score (nSPS) is 14.2. The Hall–Kier alpha value is -1.66. The quantitative estimate of drug-likeness (QED) is 0.381. The van der Waals surface area contributed by atoms with Gasteiger partial charge in [0.1, 0.15) is 10.8 Å². The molecular weight excluding hydrogens is 260 g/mol. The van der Waals surface area contributed by atoms with Crippen molar-refractivity contribution in [3.05, 3.63) is 29.3 Å². The van der Waals surface area contributed by atoms with Gasteiger partial charge < -0.3 is 10.9 Å². The maximum atomic E-state index is 8.58. The predicted molar refractivity (Wildman–Crippen MR) is 78.6 cm³/mol. The van der Waals surface area contributed by atoms with Crippen molar-refractivity contribution in [3.8, 4) is 0 Å². The van der Waals surface area contributed by atoms with E-state index in [0.717, 1.165) is 17.1 Å². The average Bonchev–Trinajstić information content (AvgIpc) is 2.80. The van der Waals surface area contributed by atoms with E-state index in [9.17, 15) is 0 Å². The predicted octanol–water partition coefficient (Wildman–Crippen LogP) is 2.25. The van der Waals surface area contributed by atoms with Crippen LogP contribution in [0.25, 0.3) is 10.2 Å². The lowest BCUT2D eigenvalue weighted by Crippen LogP contribution is -2.32.